The summed E-state index contributed by atoms with van der Waals surface area (Å²) in [6.07, 6.45) is 8.64. The fraction of sp³-hybridized carbons (Fsp3) is 0.474. The standard InChI is InChI=1S/C19H25NS/c1-3-7-16(8-4-1)13-14-20-15-18-11-12-19(21-18)17-9-5-2-6-10-17/h2,5-6,9-12,16,20H,1,3-4,7-8,13-15H2. The third kappa shape index (κ3) is 4.42. The molecule has 1 heterocycles. The first-order valence-electron chi connectivity index (χ1n) is 8.27. The average Bonchev–Trinajstić information content (AvgIpc) is 3.02. The van der Waals surface area contributed by atoms with Gasteiger partial charge in [-0.1, -0.05) is 62.4 Å². The topological polar surface area (TPSA) is 12.0 Å². The number of hydrogen-bond acceptors (Lipinski definition) is 2. The SMILES string of the molecule is c1ccc(-c2ccc(CNCCC3CCCCC3)s2)cc1. The van der Waals surface area contributed by atoms with Crippen LogP contribution in [0.15, 0.2) is 42.5 Å². The second kappa shape index (κ2) is 7.77. The van der Waals surface area contributed by atoms with Crippen molar-refractivity contribution in [1.29, 1.82) is 0 Å². The Morgan fingerprint density at radius 2 is 1.76 bits per heavy atom. The van der Waals surface area contributed by atoms with Crippen LogP contribution in [-0.2, 0) is 6.54 Å². The first-order valence-corrected chi connectivity index (χ1v) is 9.08. The minimum absolute atomic E-state index is 0.981. The molecule has 0 unspecified atom stereocenters. The third-order valence-electron chi connectivity index (χ3n) is 4.47. The predicted octanol–water partition coefficient (Wildman–Crippen LogP) is 5.48. The van der Waals surface area contributed by atoms with Gasteiger partial charge in [0.05, 0.1) is 0 Å². The van der Waals surface area contributed by atoms with Crippen molar-refractivity contribution in [2.24, 2.45) is 5.92 Å². The van der Waals surface area contributed by atoms with E-state index in [-0.39, 0.29) is 0 Å². The van der Waals surface area contributed by atoms with Gasteiger partial charge < -0.3 is 5.32 Å². The van der Waals surface area contributed by atoms with E-state index in [4.69, 9.17) is 0 Å². The highest BCUT2D eigenvalue weighted by atomic mass is 32.1. The predicted molar refractivity (Wildman–Crippen MR) is 92.7 cm³/mol. The van der Waals surface area contributed by atoms with Crippen LogP contribution in [0.25, 0.3) is 10.4 Å². The molecule has 0 saturated heterocycles. The van der Waals surface area contributed by atoms with Crippen LogP contribution < -0.4 is 5.32 Å². The van der Waals surface area contributed by atoms with Crippen molar-refractivity contribution in [1.82, 2.24) is 5.32 Å². The number of thiophene rings is 1. The van der Waals surface area contributed by atoms with Crippen molar-refractivity contribution in [3.05, 3.63) is 47.3 Å². The smallest absolute Gasteiger partial charge is 0.0346 e. The summed E-state index contributed by atoms with van der Waals surface area (Å²) in [7, 11) is 0. The van der Waals surface area contributed by atoms with Crippen molar-refractivity contribution >= 4 is 11.3 Å². The first kappa shape index (κ1) is 14.8. The molecular formula is C19H25NS. The molecule has 0 amide bonds. The van der Waals surface area contributed by atoms with Crippen LogP contribution in [0.3, 0.4) is 0 Å². The molecule has 112 valence electrons. The van der Waals surface area contributed by atoms with Gasteiger partial charge in [0.25, 0.3) is 0 Å². The van der Waals surface area contributed by atoms with Crippen molar-refractivity contribution in [3.63, 3.8) is 0 Å². The number of hydrogen-bond donors (Lipinski definition) is 1. The van der Waals surface area contributed by atoms with E-state index in [1.54, 1.807) is 0 Å². The monoisotopic (exact) mass is 299 g/mol. The van der Waals surface area contributed by atoms with Crippen molar-refractivity contribution < 1.29 is 0 Å². The Balaban J connectivity index is 1.42. The van der Waals surface area contributed by atoms with Crippen LogP contribution in [0.5, 0.6) is 0 Å². The third-order valence-corrected chi connectivity index (χ3v) is 5.61. The molecule has 1 aromatic carbocycles. The summed E-state index contributed by atoms with van der Waals surface area (Å²) in [6, 6.07) is 15.2. The molecule has 2 heteroatoms. The molecule has 0 spiro atoms. The maximum atomic E-state index is 3.62. The van der Waals surface area contributed by atoms with E-state index in [1.165, 1.54) is 60.4 Å². The Morgan fingerprint density at radius 3 is 2.57 bits per heavy atom. The molecule has 21 heavy (non-hydrogen) atoms. The Bertz CT molecular complexity index is 526. The van der Waals surface area contributed by atoms with Crippen LogP contribution in [0, 0.1) is 5.92 Å². The fourth-order valence-electron chi connectivity index (χ4n) is 3.22. The maximum absolute atomic E-state index is 3.62. The Labute approximate surface area is 132 Å². The van der Waals surface area contributed by atoms with Crippen molar-refractivity contribution in [2.75, 3.05) is 6.54 Å². The first-order chi connectivity index (χ1) is 10.4. The highest BCUT2D eigenvalue weighted by Crippen LogP contribution is 2.28. The second-order valence-electron chi connectivity index (χ2n) is 6.10. The van der Waals surface area contributed by atoms with E-state index in [2.05, 4.69) is 47.8 Å². The van der Waals surface area contributed by atoms with Gasteiger partial charge in [-0.2, -0.15) is 0 Å². The van der Waals surface area contributed by atoms with Gasteiger partial charge in [-0.3, -0.25) is 0 Å². The minimum Gasteiger partial charge on any atom is -0.312 e. The quantitative estimate of drug-likeness (QED) is 0.697. The summed E-state index contributed by atoms with van der Waals surface area (Å²) in [4.78, 5) is 2.82. The van der Waals surface area contributed by atoms with E-state index in [1.807, 2.05) is 11.3 Å². The van der Waals surface area contributed by atoms with Gasteiger partial charge in [0.2, 0.25) is 0 Å². The summed E-state index contributed by atoms with van der Waals surface area (Å²) in [5.74, 6) is 0.981. The van der Waals surface area contributed by atoms with Gasteiger partial charge in [-0.05, 0) is 36.6 Å². The lowest BCUT2D eigenvalue weighted by atomic mass is 9.87. The highest BCUT2D eigenvalue weighted by Gasteiger charge is 2.12. The Kier molecular flexibility index (Phi) is 5.47. The van der Waals surface area contributed by atoms with Crippen LogP contribution in [0.1, 0.15) is 43.4 Å². The van der Waals surface area contributed by atoms with Gasteiger partial charge in [0.1, 0.15) is 0 Å². The molecule has 1 aliphatic rings. The molecule has 1 aliphatic carbocycles. The molecule has 1 N–H and O–H groups in total. The molecule has 0 aliphatic heterocycles. The van der Waals surface area contributed by atoms with E-state index in [0.29, 0.717) is 0 Å². The number of nitrogens with one attached hydrogen (secondary N) is 1. The van der Waals surface area contributed by atoms with Crippen molar-refractivity contribution in [3.8, 4) is 10.4 Å². The second-order valence-corrected chi connectivity index (χ2v) is 7.27. The Morgan fingerprint density at radius 1 is 0.952 bits per heavy atom. The zero-order valence-corrected chi connectivity index (χ0v) is 13.5. The highest BCUT2D eigenvalue weighted by molar-refractivity contribution is 7.15. The molecular weight excluding hydrogens is 274 g/mol. The lowest BCUT2D eigenvalue weighted by molar-refractivity contribution is 0.334. The van der Waals surface area contributed by atoms with Gasteiger partial charge in [-0.15, -0.1) is 11.3 Å². The summed E-state index contributed by atoms with van der Waals surface area (Å²) in [5.41, 5.74) is 1.33. The minimum atomic E-state index is 0.981. The van der Waals surface area contributed by atoms with Gasteiger partial charge >= 0.3 is 0 Å². The van der Waals surface area contributed by atoms with Crippen LogP contribution in [0.2, 0.25) is 0 Å². The molecule has 1 fully saturated rings. The lowest BCUT2D eigenvalue weighted by Gasteiger charge is -2.21. The molecule has 1 aromatic heterocycles. The molecule has 0 bridgehead atoms. The molecule has 0 radical (unpaired) electrons. The zero-order valence-electron chi connectivity index (χ0n) is 12.7. The summed E-state index contributed by atoms with van der Waals surface area (Å²) >= 11 is 1.91. The largest absolute Gasteiger partial charge is 0.312 e. The summed E-state index contributed by atoms with van der Waals surface area (Å²) in [5, 5.41) is 3.62. The van der Waals surface area contributed by atoms with E-state index in [9.17, 15) is 0 Å². The maximum Gasteiger partial charge on any atom is 0.0346 e. The normalized spacial score (nSPS) is 16.2. The van der Waals surface area contributed by atoms with E-state index < -0.39 is 0 Å². The zero-order chi connectivity index (χ0) is 14.3. The van der Waals surface area contributed by atoms with Gasteiger partial charge in [0, 0.05) is 16.3 Å². The Hall–Kier alpha value is -1.12. The van der Waals surface area contributed by atoms with Crippen LogP contribution >= 0.6 is 11.3 Å². The lowest BCUT2D eigenvalue weighted by Crippen LogP contribution is -2.18. The van der Waals surface area contributed by atoms with E-state index >= 15 is 0 Å². The molecule has 0 atom stereocenters. The van der Waals surface area contributed by atoms with E-state index in [0.717, 1.165) is 12.5 Å². The number of benzene rings is 1. The van der Waals surface area contributed by atoms with Crippen LogP contribution in [0.4, 0.5) is 0 Å². The summed E-state index contributed by atoms with van der Waals surface area (Å²) in [6.45, 7) is 2.19. The average molecular weight is 299 g/mol. The molecule has 3 rings (SSSR count). The van der Waals surface area contributed by atoms with Crippen molar-refractivity contribution in [2.45, 2.75) is 45.1 Å². The molecule has 1 nitrogen and oxygen atoms in total. The molecule has 2 aromatic rings. The number of rotatable bonds is 6. The van der Waals surface area contributed by atoms with Gasteiger partial charge in [0.15, 0.2) is 0 Å². The summed E-state index contributed by atoms with van der Waals surface area (Å²) < 4.78 is 0. The fourth-order valence-corrected chi connectivity index (χ4v) is 4.21. The molecule has 1 saturated carbocycles. The van der Waals surface area contributed by atoms with Crippen LogP contribution in [-0.4, -0.2) is 6.54 Å². The van der Waals surface area contributed by atoms with Gasteiger partial charge in [-0.25, -0.2) is 0 Å².